The van der Waals surface area contributed by atoms with Crippen LogP contribution in [0.2, 0.25) is 0 Å². The normalized spacial score (nSPS) is 12.7. The van der Waals surface area contributed by atoms with Gasteiger partial charge < -0.3 is 0 Å². The molecule has 0 fully saturated rings. The molecule has 0 radical (unpaired) electrons. The molecule has 2 aromatic heterocycles. The molecule has 0 spiro atoms. The van der Waals surface area contributed by atoms with Crippen LogP contribution in [0.4, 0.5) is 19.0 Å². The number of amides is 1. The standard InChI is InChI=1S/C14H15F3N2OS/c1-13(2,3)8-9-11(18-12(20)14(15,16)17)19-7-5-4-6-10(19)21-9/h4-7H,8H2,1-3H3/p+1. The zero-order valence-electron chi connectivity index (χ0n) is 11.9. The number of nitrogens with zero attached hydrogens (tertiary/aromatic N) is 1. The quantitative estimate of drug-likeness (QED) is 0.844. The highest BCUT2D eigenvalue weighted by atomic mass is 32.1. The Hall–Kier alpha value is -1.63. The van der Waals surface area contributed by atoms with Crippen molar-refractivity contribution >= 4 is 27.9 Å². The molecular weight excluding hydrogens is 301 g/mol. The maximum atomic E-state index is 12.5. The van der Waals surface area contributed by atoms with E-state index in [2.05, 4.69) is 0 Å². The van der Waals surface area contributed by atoms with Crippen molar-refractivity contribution in [1.82, 2.24) is 0 Å². The molecule has 0 aromatic carbocycles. The number of nitrogens with one attached hydrogen (secondary N) is 1. The summed E-state index contributed by atoms with van der Waals surface area (Å²) < 4.78 is 39.1. The molecule has 2 aromatic rings. The van der Waals surface area contributed by atoms with Crippen LogP contribution in [0.3, 0.4) is 0 Å². The van der Waals surface area contributed by atoms with E-state index in [0.29, 0.717) is 6.42 Å². The van der Waals surface area contributed by atoms with Crippen LogP contribution in [0, 0.1) is 5.41 Å². The second-order valence-corrected chi connectivity index (χ2v) is 7.09. The molecule has 21 heavy (non-hydrogen) atoms. The van der Waals surface area contributed by atoms with Crippen molar-refractivity contribution in [3.05, 3.63) is 29.3 Å². The smallest absolute Gasteiger partial charge is 0.236 e. The van der Waals surface area contributed by atoms with Gasteiger partial charge in [-0.05, 0) is 24.0 Å². The van der Waals surface area contributed by atoms with Gasteiger partial charge in [-0.25, -0.2) is 10.1 Å². The zero-order valence-corrected chi connectivity index (χ0v) is 12.7. The van der Waals surface area contributed by atoms with Gasteiger partial charge >= 0.3 is 17.9 Å². The molecule has 114 valence electrons. The van der Waals surface area contributed by atoms with Gasteiger partial charge in [-0.1, -0.05) is 38.2 Å². The molecule has 0 aliphatic rings. The molecule has 0 aliphatic heterocycles. The van der Waals surface area contributed by atoms with Crippen molar-refractivity contribution in [1.29, 1.82) is 0 Å². The number of carbonyl (C=O) groups is 1. The van der Waals surface area contributed by atoms with Gasteiger partial charge in [0.25, 0.3) is 0 Å². The van der Waals surface area contributed by atoms with Crippen molar-refractivity contribution in [2.75, 3.05) is 5.32 Å². The van der Waals surface area contributed by atoms with Crippen LogP contribution >= 0.6 is 11.3 Å². The van der Waals surface area contributed by atoms with E-state index in [1.54, 1.807) is 22.7 Å². The van der Waals surface area contributed by atoms with Gasteiger partial charge in [-0.15, -0.1) is 0 Å². The van der Waals surface area contributed by atoms with Crippen LogP contribution in [0.25, 0.3) is 4.83 Å². The van der Waals surface area contributed by atoms with Gasteiger partial charge in [-0.3, -0.25) is 0 Å². The van der Waals surface area contributed by atoms with E-state index in [4.69, 9.17) is 0 Å². The van der Waals surface area contributed by atoms with E-state index in [1.165, 1.54) is 11.3 Å². The van der Waals surface area contributed by atoms with E-state index in [9.17, 15) is 18.0 Å². The minimum absolute atomic E-state index is 0.0981. The molecule has 1 N–H and O–H groups in total. The molecule has 0 saturated heterocycles. The lowest BCUT2D eigenvalue weighted by molar-refractivity contribution is -0.491. The molecule has 2 heterocycles. The van der Waals surface area contributed by atoms with Crippen molar-refractivity contribution in [2.24, 2.45) is 5.41 Å². The second kappa shape index (κ2) is 5.29. The first kappa shape index (κ1) is 15.8. The molecule has 0 aliphatic carbocycles. The largest absolute Gasteiger partial charge is 0.495 e. The maximum absolute atomic E-state index is 12.5. The van der Waals surface area contributed by atoms with Gasteiger partial charge in [0, 0.05) is 0 Å². The fraction of sp³-hybridized carbons (Fsp3) is 0.429. The molecule has 0 saturated carbocycles. The molecule has 7 heteroatoms. The second-order valence-electron chi connectivity index (χ2n) is 5.97. The summed E-state index contributed by atoms with van der Waals surface area (Å²) in [6, 6.07) is 5.33. The average Bonchev–Trinajstić information content (AvgIpc) is 2.64. The molecule has 0 unspecified atom stereocenters. The number of rotatable bonds is 2. The number of carbonyl (C=O) groups excluding carboxylic acids is 1. The number of anilines is 1. The van der Waals surface area contributed by atoms with E-state index < -0.39 is 12.1 Å². The van der Waals surface area contributed by atoms with E-state index in [0.717, 1.165) is 9.71 Å². The SMILES string of the molecule is CC(C)(C)Cc1sc2cccc[n+]2c1NC(=O)C(F)(F)F. The van der Waals surface area contributed by atoms with E-state index >= 15 is 0 Å². The minimum atomic E-state index is -4.90. The van der Waals surface area contributed by atoms with Gasteiger partial charge in [0.1, 0.15) is 0 Å². The first-order valence-corrected chi connectivity index (χ1v) is 7.20. The van der Waals surface area contributed by atoms with Crippen LogP contribution in [0.5, 0.6) is 0 Å². The molecule has 3 nitrogen and oxygen atoms in total. The van der Waals surface area contributed by atoms with Crippen molar-refractivity contribution in [3.8, 4) is 0 Å². The van der Waals surface area contributed by atoms with Gasteiger partial charge in [0.15, 0.2) is 4.83 Å². The lowest BCUT2D eigenvalue weighted by Gasteiger charge is -2.16. The summed E-state index contributed by atoms with van der Waals surface area (Å²) in [7, 11) is 0. The van der Waals surface area contributed by atoms with Crippen molar-refractivity contribution < 1.29 is 22.4 Å². The number of fused-ring (bicyclic) bond motifs is 1. The van der Waals surface area contributed by atoms with Crippen LogP contribution in [-0.2, 0) is 11.2 Å². The molecule has 0 atom stereocenters. The maximum Gasteiger partial charge on any atom is 0.495 e. The highest BCUT2D eigenvalue weighted by molar-refractivity contribution is 7.17. The zero-order chi connectivity index (χ0) is 15.8. The Morgan fingerprint density at radius 1 is 1.29 bits per heavy atom. The predicted molar refractivity (Wildman–Crippen MR) is 75.3 cm³/mol. The first-order chi connectivity index (χ1) is 9.58. The van der Waals surface area contributed by atoms with Crippen LogP contribution in [0.1, 0.15) is 25.6 Å². The van der Waals surface area contributed by atoms with Crippen LogP contribution < -0.4 is 9.72 Å². The topological polar surface area (TPSA) is 33.2 Å². The third-order valence-electron chi connectivity index (χ3n) is 2.74. The van der Waals surface area contributed by atoms with Crippen molar-refractivity contribution in [2.45, 2.75) is 33.4 Å². The van der Waals surface area contributed by atoms with Crippen LogP contribution in [0.15, 0.2) is 24.4 Å². The number of thiazole rings is 1. The first-order valence-electron chi connectivity index (χ1n) is 6.38. The Kier molecular flexibility index (Phi) is 3.97. The average molecular weight is 317 g/mol. The number of hydrogen-bond acceptors (Lipinski definition) is 2. The lowest BCUT2D eigenvalue weighted by Crippen LogP contribution is -2.35. The number of halogens is 3. The number of pyridine rings is 1. The highest BCUT2D eigenvalue weighted by Crippen LogP contribution is 2.30. The van der Waals surface area contributed by atoms with E-state index in [-0.39, 0.29) is 11.2 Å². The van der Waals surface area contributed by atoms with Crippen molar-refractivity contribution in [3.63, 3.8) is 0 Å². The summed E-state index contributed by atoms with van der Waals surface area (Å²) in [4.78, 5) is 12.8. The summed E-state index contributed by atoms with van der Waals surface area (Å²) in [6.45, 7) is 5.99. The van der Waals surface area contributed by atoms with Gasteiger partial charge in [0.2, 0.25) is 0 Å². The third-order valence-corrected chi connectivity index (χ3v) is 3.86. The lowest BCUT2D eigenvalue weighted by atomic mass is 9.91. The monoisotopic (exact) mass is 317 g/mol. The summed E-state index contributed by atoms with van der Waals surface area (Å²) in [5.74, 6) is -1.75. The molecular formula is C14H16F3N2OS+. The summed E-state index contributed by atoms with van der Waals surface area (Å²) in [5.41, 5.74) is -0.0981. The van der Waals surface area contributed by atoms with Gasteiger partial charge in [-0.2, -0.15) is 17.6 Å². The fourth-order valence-corrected chi connectivity index (χ4v) is 3.31. The number of aromatic nitrogens is 1. The third kappa shape index (κ3) is 3.72. The molecule has 0 bridgehead atoms. The Labute approximate surface area is 124 Å². The summed E-state index contributed by atoms with van der Waals surface area (Å²) in [6.07, 6.45) is -2.68. The number of hydrogen-bond donors (Lipinski definition) is 1. The Morgan fingerprint density at radius 3 is 2.52 bits per heavy atom. The summed E-state index contributed by atoms with van der Waals surface area (Å²) in [5, 5.41) is 2.01. The Morgan fingerprint density at radius 2 is 1.95 bits per heavy atom. The molecule has 1 amide bonds. The Bertz CT molecular complexity index is 671. The summed E-state index contributed by atoms with van der Waals surface area (Å²) >= 11 is 1.38. The van der Waals surface area contributed by atoms with Crippen LogP contribution in [-0.4, -0.2) is 12.1 Å². The molecule has 2 rings (SSSR count). The van der Waals surface area contributed by atoms with Gasteiger partial charge in [0.05, 0.1) is 11.1 Å². The fourth-order valence-electron chi connectivity index (χ4n) is 1.91. The predicted octanol–water partition coefficient (Wildman–Crippen LogP) is 3.58. The minimum Gasteiger partial charge on any atom is -0.236 e. The number of alkyl halides is 3. The Balaban J connectivity index is 2.48. The van der Waals surface area contributed by atoms with E-state index in [1.807, 2.05) is 32.2 Å². The highest BCUT2D eigenvalue weighted by Gasteiger charge is 2.44.